The first-order valence-electron chi connectivity index (χ1n) is 8.38. The van der Waals surface area contributed by atoms with Crippen molar-refractivity contribution in [2.75, 3.05) is 31.7 Å². The average molecular weight is 310 g/mol. The second-order valence-corrected chi connectivity index (χ2v) is 6.35. The predicted molar refractivity (Wildman–Crippen MR) is 92.5 cm³/mol. The van der Waals surface area contributed by atoms with Crippen molar-refractivity contribution in [2.45, 2.75) is 19.3 Å². The molecule has 2 bridgehead atoms. The van der Waals surface area contributed by atoms with Gasteiger partial charge in [-0.2, -0.15) is 0 Å². The third kappa shape index (κ3) is 3.45. The molecule has 3 aliphatic rings. The highest BCUT2D eigenvalue weighted by Crippen LogP contribution is 2.21. The van der Waals surface area contributed by atoms with Gasteiger partial charge in [0.15, 0.2) is 0 Å². The Balaban J connectivity index is 1.51. The number of nitrogens with zero attached hydrogens (tertiary/aromatic N) is 3. The number of fused-ring (bicyclic) bond motifs is 7. The minimum absolute atomic E-state index is 0.584. The van der Waals surface area contributed by atoms with Crippen molar-refractivity contribution in [3.63, 3.8) is 0 Å². The Kier molecular flexibility index (Phi) is 4.11. The first kappa shape index (κ1) is 14.5. The van der Waals surface area contributed by atoms with Crippen LogP contribution in [0.15, 0.2) is 41.5 Å². The van der Waals surface area contributed by atoms with Crippen LogP contribution < -0.4 is 5.32 Å². The Labute approximate surface area is 136 Å². The van der Waals surface area contributed by atoms with Crippen LogP contribution in [0.4, 0.5) is 5.82 Å². The molecule has 0 saturated carbocycles. The Bertz CT molecular complexity index is 707. The highest BCUT2D eigenvalue weighted by atomic mass is 16.5. The molecule has 5 nitrogen and oxygen atoms in total. The molecule has 0 spiro atoms. The van der Waals surface area contributed by atoms with E-state index in [9.17, 15) is 0 Å². The number of aromatic nitrogens is 1. The van der Waals surface area contributed by atoms with Gasteiger partial charge < -0.3 is 4.74 Å². The summed E-state index contributed by atoms with van der Waals surface area (Å²) in [6, 6.07) is 10.8. The SMILES string of the molecule is c1ccc2cc(NC3=NCCC4CCN(CC4)CO3)ncc2c1. The molecule has 23 heavy (non-hydrogen) atoms. The lowest BCUT2D eigenvalue weighted by molar-refractivity contribution is 0.0761. The van der Waals surface area contributed by atoms with E-state index in [0.29, 0.717) is 12.8 Å². The third-order valence-electron chi connectivity index (χ3n) is 4.75. The lowest BCUT2D eigenvalue weighted by Gasteiger charge is -2.32. The molecule has 1 fully saturated rings. The molecule has 5 heteroatoms. The Morgan fingerprint density at radius 1 is 1.09 bits per heavy atom. The normalized spacial score (nSPS) is 24.8. The van der Waals surface area contributed by atoms with Gasteiger partial charge in [-0.1, -0.05) is 24.3 Å². The zero-order valence-corrected chi connectivity index (χ0v) is 13.2. The highest BCUT2D eigenvalue weighted by molar-refractivity contribution is 5.91. The van der Waals surface area contributed by atoms with Gasteiger partial charge in [-0.25, -0.2) is 9.98 Å². The Morgan fingerprint density at radius 3 is 2.78 bits per heavy atom. The van der Waals surface area contributed by atoms with E-state index in [1.807, 2.05) is 24.4 Å². The third-order valence-corrected chi connectivity index (χ3v) is 4.75. The molecule has 0 aliphatic carbocycles. The number of piperidine rings is 1. The topological polar surface area (TPSA) is 49.8 Å². The molecule has 1 aromatic carbocycles. The molecule has 1 saturated heterocycles. The van der Waals surface area contributed by atoms with Gasteiger partial charge in [0.05, 0.1) is 0 Å². The minimum atomic E-state index is 0.584. The number of anilines is 1. The summed E-state index contributed by atoms with van der Waals surface area (Å²) >= 11 is 0. The van der Waals surface area contributed by atoms with Crippen molar-refractivity contribution in [3.05, 3.63) is 36.5 Å². The van der Waals surface area contributed by atoms with Gasteiger partial charge in [-0.3, -0.25) is 10.2 Å². The Morgan fingerprint density at radius 2 is 1.91 bits per heavy atom. The highest BCUT2D eigenvalue weighted by Gasteiger charge is 2.21. The fourth-order valence-electron chi connectivity index (χ4n) is 3.29. The summed E-state index contributed by atoms with van der Waals surface area (Å²) in [7, 11) is 0. The number of nitrogens with one attached hydrogen (secondary N) is 1. The van der Waals surface area contributed by atoms with Gasteiger partial charge in [0, 0.05) is 31.2 Å². The maximum Gasteiger partial charge on any atom is 0.291 e. The smallest absolute Gasteiger partial charge is 0.291 e. The first-order valence-corrected chi connectivity index (χ1v) is 8.38. The first-order chi connectivity index (χ1) is 11.4. The van der Waals surface area contributed by atoms with Gasteiger partial charge >= 0.3 is 0 Å². The number of pyridine rings is 1. The number of aliphatic imine (C=N–C) groups is 1. The average Bonchev–Trinajstić information content (AvgIpc) is 2.61. The van der Waals surface area contributed by atoms with Crippen molar-refractivity contribution >= 4 is 22.6 Å². The van der Waals surface area contributed by atoms with E-state index in [4.69, 9.17) is 4.74 Å². The monoisotopic (exact) mass is 310 g/mol. The molecule has 3 aliphatic heterocycles. The molecule has 4 heterocycles. The van der Waals surface area contributed by atoms with Crippen LogP contribution in [0.25, 0.3) is 10.8 Å². The quantitative estimate of drug-likeness (QED) is 0.879. The molecule has 2 aromatic rings. The molecular formula is C18H22N4O. The second-order valence-electron chi connectivity index (χ2n) is 6.35. The van der Waals surface area contributed by atoms with Gasteiger partial charge in [0.1, 0.15) is 12.5 Å². The number of hydrogen-bond donors (Lipinski definition) is 1. The van der Waals surface area contributed by atoms with Crippen LogP contribution in [0.1, 0.15) is 19.3 Å². The van der Waals surface area contributed by atoms with E-state index >= 15 is 0 Å². The van der Waals surface area contributed by atoms with Crippen LogP contribution in [0.2, 0.25) is 0 Å². The van der Waals surface area contributed by atoms with Crippen molar-refractivity contribution in [2.24, 2.45) is 10.9 Å². The largest absolute Gasteiger partial charge is 0.449 e. The zero-order valence-electron chi connectivity index (χ0n) is 13.2. The van der Waals surface area contributed by atoms with Crippen LogP contribution in [0, 0.1) is 5.92 Å². The molecule has 0 unspecified atom stereocenters. The summed E-state index contributed by atoms with van der Waals surface area (Å²) in [6.45, 7) is 3.69. The van der Waals surface area contributed by atoms with E-state index in [2.05, 4.69) is 32.3 Å². The van der Waals surface area contributed by atoms with E-state index in [1.54, 1.807) is 0 Å². The summed E-state index contributed by atoms with van der Waals surface area (Å²) in [4.78, 5) is 11.4. The number of amidine groups is 1. The van der Waals surface area contributed by atoms with E-state index in [1.165, 1.54) is 12.8 Å². The Hall–Kier alpha value is -2.14. The molecule has 120 valence electrons. The minimum Gasteiger partial charge on any atom is -0.449 e. The standard InChI is InChI=1S/C18H22N4O/c1-2-4-16-12-20-17(11-15(16)3-1)21-18-19-8-5-14-6-9-22(10-7-14)13-23-18/h1-4,11-12,14H,5-10,13H2,(H,19,20,21). The summed E-state index contributed by atoms with van der Waals surface area (Å²) in [5, 5.41) is 5.53. The number of ether oxygens (including phenoxy) is 1. The lowest BCUT2D eigenvalue weighted by Crippen LogP contribution is -2.38. The fraction of sp³-hybridized carbons (Fsp3) is 0.444. The maximum atomic E-state index is 5.89. The second kappa shape index (κ2) is 6.54. The van der Waals surface area contributed by atoms with Crippen molar-refractivity contribution in [1.29, 1.82) is 0 Å². The van der Waals surface area contributed by atoms with Crippen LogP contribution >= 0.6 is 0 Å². The molecule has 0 atom stereocenters. The zero-order chi connectivity index (χ0) is 15.5. The number of benzene rings is 1. The summed E-state index contributed by atoms with van der Waals surface area (Å²) < 4.78 is 5.89. The molecule has 0 amide bonds. The molecule has 5 rings (SSSR count). The van der Waals surface area contributed by atoms with Crippen LogP contribution in [-0.4, -0.2) is 42.3 Å². The molecule has 0 radical (unpaired) electrons. The van der Waals surface area contributed by atoms with E-state index < -0.39 is 0 Å². The van der Waals surface area contributed by atoms with Gasteiger partial charge in [0.2, 0.25) is 0 Å². The molecular weight excluding hydrogens is 288 g/mol. The van der Waals surface area contributed by atoms with Gasteiger partial charge in [-0.05, 0) is 36.6 Å². The van der Waals surface area contributed by atoms with E-state index in [0.717, 1.165) is 48.6 Å². The van der Waals surface area contributed by atoms with Crippen LogP contribution in [-0.2, 0) is 4.74 Å². The summed E-state index contributed by atoms with van der Waals surface area (Å²) in [5.74, 6) is 1.59. The summed E-state index contributed by atoms with van der Waals surface area (Å²) in [6.07, 6.45) is 5.57. The van der Waals surface area contributed by atoms with Crippen LogP contribution in [0.3, 0.4) is 0 Å². The van der Waals surface area contributed by atoms with Gasteiger partial charge in [0.25, 0.3) is 6.02 Å². The molecule has 1 N–H and O–H groups in total. The van der Waals surface area contributed by atoms with Gasteiger partial charge in [-0.15, -0.1) is 0 Å². The van der Waals surface area contributed by atoms with Crippen molar-refractivity contribution < 1.29 is 4.74 Å². The number of hydrogen-bond acceptors (Lipinski definition) is 5. The van der Waals surface area contributed by atoms with Crippen molar-refractivity contribution in [3.8, 4) is 0 Å². The molecule has 1 aromatic heterocycles. The maximum absolute atomic E-state index is 5.89. The predicted octanol–water partition coefficient (Wildman–Crippen LogP) is 3.09. The van der Waals surface area contributed by atoms with Crippen LogP contribution in [0.5, 0.6) is 0 Å². The lowest BCUT2D eigenvalue weighted by atomic mass is 9.94. The van der Waals surface area contributed by atoms with E-state index in [-0.39, 0.29) is 0 Å². The fourth-order valence-corrected chi connectivity index (χ4v) is 3.29. The van der Waals surface area contributed by atoms with Crippen molar-refractivity contribution in [1.82, 2.24) is 9.88 Å². The number of rotatable bonds is 1. The summed E-state index contributed by atoms with van der Waals surface area (Å²) in [5.41, 5.74) is 0.